The first-order valence-electron chi connectivity index (χ1n) is 4.95. The molecule has 1 aliphatic heterocycles. The summed E-state index contributed by atoms with van der Waals surface area (Å²) in [6, 6.07) is 3.54. The summed E-state index contributed by atoms with van der Waals surface area (Å²) in [6.45, 7) is 3.88. The van der Waals surface area contributed by atoms with Gasteiger partial charge < -0.3 is 10.1 Å². The molecular weight excluding hydrogens is 194 g/mol. The highest BCUT2D eigenvalue weighted by atomic mass is 16.5. The van der Waals surface area contributed by atoms with Crippen LogP contribution < -0.4 is 15.0 Å². The standard InChI is InChI=1S/C10H13N3O2/c1-2-15-9-4-3-8(7-12-9)13-6-5-11-10(13)14/h3-4,7H,2,5-6H2,1H3,(H,11,14). The Balaban J connectivity index is 2.12. The maximum atomic E-state index is 11.3. The predicted molar refractivity (Wildman–Crippen MR) is 56.2 cm³/mol. The van der Waals surface area contributed by atoms with E-state index in [0.29, 0.717) is 25.6 Å². The van der Waals surface area contributed by atoms with Crippen molar-refractivity contribution in [1.82, 2.24) is 10.3 Å². The van der Waals surface area contributed by atoms with Gasteiger partial charge in [-0.15, -0.1) is 0 Å². The summed E-state index contributed by atoms with van der Waals surface area (Å²) < 4.78 is 5.22. The van der Waals surface area contributed by atoms with Gasteiger partial charge in [-0.1, -0.05) is 0 Å². The van der Waals surface area contributed by atoms with Crippen molar-refractivity contribution < 1.29 is 9.53 Å². The van der Waals surface area contributed by atoms with E-state index in [0.717, 1.165) is 5.69 Å². The highest BCUT2D eigenvalue weighted by Crippen LogP contribution is 2.17. The molecule has 2 amide bonds. The predicted octanol–water partition coefficient (Wildman–Crippen LogP) is 1.01. The Bertz CT molecular complexity index is 350. The molecule has 5 nitrogen and oxygen atoms in total. The van der Waals surface area contributed by atoms with Crippen molar-refractivity contribution in [3.05, 3.63) is 18.3 Å². The largest absolute Gasteiger partial charge is 0.478 e. The third-order valence-electron chi connectivity index (χ3n) is 2.18. The van der Waals surface area contributed by atoms with Crippen molar-refractivity contribution in [2.24, 2.45) is 0 Å². The lowest BCUT2D eigenvalue weighted by Gasteiger charge is -2.13. The molecule has 0 aliphatic carbocycles. The molecule has 0 spiro atoms. The number of amides is 2. The number of hydrogen-bond donors (Lipinski definition) is 1. The second-order valence-electron chi connectivity index (χ2n) is 3.17. The number of pyridine rings is 1. The first-order valence-corrected chi connectivity index (χ1v) is 4.95. The van der Waals surface area contributed by atoms with Gasteiger partial charge in [-0.2, -0.15) is 0 Å². The zero-order valence-corrected chi connectivity index (χ0v) is 8.56. The monoisotopic (exact) mass is 207 g/mol. The van der Waals surface area contributed by atoms with Crippen molar-refractivity contribution in [3.8, 4) is 5.88 Å². The Morgan fingerprint density at radius 1 is 1.60 bits per heavy atom. The normalized spacial score (nSPS) is 15.3. The van der Waals surface area contributed by atoms with E-state index in [2.05, 4.69) is 10.3 Å². The van der Waals surface area contributed by atoms with Crippen molar-refractivity contribution in [3.63, 3.8) is 0 Å². The third kappa shape index (κ3) is 2.01. The molecule has 1 aromatic rings. The van der Waals surface area contributed by atoms with Crippen molar-refractivity contribution in [2.45, 2.75) is 6.92 Å². The number of carbonyl (C=O) groups is 1. The van der Waals surface area contributed by atoms with Crippen LogP contribution in [0.15, 0.2) is 18.3 Å². The first-order chi connectivity index (χ1) is 7.31. The van der Waals surface area contributed by atoms with Crippen LogP contribution in [0.3, 0.4) is 0 Å². The molecule has 2 heterocycles. The van der Waals surface area contributed by atoms with Gasteiger partial charge >= 0.3 is 6.03 Å². The molecule has 1 saturated heterocycles. The smallest absolute Gasteiger partial charge is 0.322 e. The molecule has 0 unspecified atom stereocenters. The lowest BCUT2D eigenvalue weighted by molar-refractivity contribution is 0.252. The highest BCUT2D eigenvalue weighted by Gasteiger charge is 2.21. The van der Waals surface area contributed by atoms with Crippen molar-refractivity contribution in [2.75, 3.05) is 24.6 Å². The van der Waals surface area contributed by atoms with Gasteiger partial charge in [0.25, 0.3) is 0 Å². The average Bonchev–Trinajstić information content (AvgIpc) is 2.66. The Labute approximate surface area is 88.1 Å². The minimum atomic E-state index is -0.0686. The Hall–Kier alpha value is -1.78. The van der Waals surface area contributed by atoms with E-state index in [9.17, 15) is 4.79 Å². The van der Waals surface area contributed by atoms with E-state index in [4.69, 9.17) is 4.74 Å². The number of anilines is 1. The molecule has 1 aliphatic rings. The molecule has 1 N–H and O–H groups in total. The summed E-state index contributed by atoms with van der Waals surface area (Å²) in [6.07, 6.45) is 1.65. The molecule has 15 heavy (non-hydrogen) atoms. The maximum absolute atomic E-state index is 11.3. The first kappa shape index (κ1) is 9.76. The number of rotatable bonds is 3. The fourth-order valence-electron chi connectivity index (χ4n) is 1.48. The summed E-state index contributed by atoms with van der Waals surface area (Å²) in [7, 11) is 0. The van der Waals surface area contributed by atoms with Crippen LogP contribution >= 0.6 is 0 Å². The highest BCUT2D eigenvalue weighted by molar-refractivity contribution is 5.93. The van der Waals surface area contributed by atoms with Crippen LogP contribution in [0.4, 0.5) is 10.5 Å². The minimum Gasteiger partial charge on any atom is -0.478 e. The average molecular weight is 207 g/mol. The van der Waals surface area contributed by atoms with Gasteiger partial charge in [-0.3, -0.25) is 4.90 Å². The van der Waals surface area contributed by atoms with E-state index in [1.54, 1.807) is 17.2 Å². The quantitative estimate of drug-likeness (QED) is 0.804. The second-order valence-corrected chi connectivity index (χ2v) is 3.17. The third-order valence-corrected chi connectivity index (χ3v) is 2.18. The molecule has 0 aromatic carbocycles. The van der Waals surface area contributed by atoms with Gasteiger partial charge in [-0.05, 0) is 13.0 Å². The van der Waals surface area contributed by atoms with E-state index in [1.807, 2.05) is 13.0 Å². The number of nitrogens with zero attached hydrogens (tertiary/aromatic N) is 2. The molecular formula is C10H13N3O2. The topological polar surface area (TPSA) is 54.5 Å². The molecule has 80 valence electrons. The summed E-state index contributed by atoms with van der Waals surface area (Å²) in [5.74, 6) is 0.584. The van der Waals surface area contributed by atoms with Gasteiger partial charge in [-0.25, -0.2) is 9.78 Å². The number of urea groups is 1. The minimum absolute atomic E-state index is 0.0686. The SMILES string of the molecule is CCOc1ccc(N2CCNC2=O)cn1. The summed E-state index contributed by atoms with van der Waals surface area (Å²) >= 11 is 0. The summed E-state index contributed by atoms with van der Waals surface area (Å²) in [5, 5.41) is 2.74. The molecule has 0 radical (unpaired) electrons. The number of aromatic nitrogens is 1. The molecule has 2 rings (SSSR count). The Kier molecular flexibility index (Phi) is 2.71. The Morgan fingerprint density at radius 2 is 2.47 bits per heavy atom. The van der Waals surface area contributed by atoms with Crippen LogP contribution in [0.2, 0.25) is 0 Å². The van der Waals surface area contributed by atoms with Crippen LogP contribution in [0.5, 0.6) is 5.88 Å². The molecule has 0 saturated carbocycles. The van der Waals surface area contributed by atoms with E-state index < -0.39 is 0 Å². The lowest BCUT2D eigenvalue weighted by atomic mass is 10.4. The van der Waals surface area contributed by atoms with Crippen molar-refractivity contribution in [1.29, 1.82) is 0 Å². The zero-order chi connectivity index (χ0) is 10.7. The zero-order valence-electron chi connectivity index (χ0n) is 8.56. The van der Waals surface area contributed by atoms with Crippen LogP contribution in [0.25, 0.3) is 0 Å². The fraction of sp³-hybridized carbons (Fsp3) is 0.400. The maximum Gasteiger partial charge on any atom is 0.322 e. The fourth-order valence-corrected chi connectivity index (χ4v) is 1.48. The van der Waals surface area contributed by atoms with Gasteiger partial charge in [0.05, 0.1) is 18.5 Å². The van der Waals surface area contributed by atoms with Crippen LogP contribution in [0.1, 0.15) is 6.92 Å². The van der Waals surface area contributed by atoms with Gasteiger partial charge in [0.15, 0.2) is 0 Å². The van der Waals surface area contributed by atoms with Crippen LogP contribution in [0, 0.1) is 0 Å². The van der Waals surface area contributed by atoms with Crippen LogP contribution in [-0.2, 0) is 0 Å². The van der Waals surface area contributed by atoms with E-state index in [-0.39, 0.29) is 6.03 Å². The molecule has 5 heteroatoms. The molecule has 0 bridgehead atoms. The number of hydrogen-bond acceptors (Lipinski definition) is 3. The van der Waals surface area contributed by atoms with E-state index in [1.165, 1.54) is 0 Å². The van der Waals surface area contributed by atoms with E-state index >= 15 is 0 Å². The lowest BCUT2D eigenvalue weighted by Crippen LogP contribution is -2.27. The number of ether oxygens (including phenoxy) is 1. The molecule has 1 fully saturated rings. The van der Waals surface area contributed by atoms with Crippen LogP contribution in [-0.4, -0.2) is 30.7 Å². The summed E-state index contributed by atoms with van der Waals surface area (Å²) in [5.41, 5.74) is 0.799. The van der Waals surface area contributed by atoms with Gasteiger partial charge in [0, 0.05) is 19.2 Å². The number of nitrogens with one attached hydrogen (secondary N) is 1. The summed E-state index contributed by atoms with van der Waals surface area (Å²) in [4.78, 5) is 17.1. The van der Waals surface area contributed by atoms with Crippen molar-refractivity contribution >= 4 is 11.7 Å². The number of carbonyl (C=O) groups excluding carboxylic acids is 1. The van der Waals surface area contributed by atoms with Gasteiger partial charge in [0.2, 0.25) is 5.88 Å². The van der Waals surface area contributed by atoms with Gasteiger partial charge in [0.1, 0.15) is 0 Å². The Morgan fingerprint density at radius 3 is 3.00 bits per heavy atom. The molecule has 0 atom stereocenters. The second kappa shape index (κ2) is 4.16. The molecule has 1 aromatic heterocycles.